The van der Waals surface area contributed by atoms with Crippen LogP contribution in [-0.2, 0) is 13.2 Å². The molecule has 2 aromatic rings. The van der Waals surface area contributed by atoms with Crippen LogP contribution in [0.1, 0.15) is 11.3 Å². The molecule has 0 bridgehead atoms. The monoisotopic (exact) mass is 276 g/mol. The van der Waals surface area contributed by atoms with Gasteiger partial charge in [-0.15, -0.1) is 0 Å². The predicted molar refractivity (Wildman–Crippen MR) is 71.8 cm³/mol. The summed E-state index contributed by atoms with van der Waals surface area (Å²) in [6.07, 6.45) is 3.16. The van der Waals surface area contributed by atoms with E-state index in [2.05, 4.69) is 9.97 Å². The number of aliphatic hydroxyl groups is 1. The standard InChI is InChI=1S/C14H16N2O4/c1-18-12-4-3-11(15-7-12)9-20-14-13(19-2)5-10(8-17)6-16-14/h3-7,17H,8-9H2,1-2H3. The highest BCUT2D eigenvalue weighted by atomic mass is 16.5. The first-order chi connectivity index (χ1) is 9.76. The summed E-state index contributed by atoms with van der Waals surface area (Å²) < 4.78 is 15.8. The molecule has 0 atom stereocenters. The van der Waals surface area contributed by atoms with Gasteiger partial charge < -0.3 is 19.3 Å². The van der Waals surface area contributed by atoms with E-state index in [-0.39, 0.29) is 13.2 Å². The van der Waals surface area contributed by atoms with Gasteiger partial charge in [0.15, 0.2) is 5.75 Å². The molecule has 0 amide bonds. The van der Waals surface area contributed by atoms with Crippen LogP contribution in [0.5, 0.6) is 17.4 Å². The summed E-state index contributed by atoms with van der Waals surface area (Å²) in [6.45, 7) is 0.176. The van der Waals surface area contributed by atoms with Crippen molar-refractivity contribution in [1.29, 1.82) is 0 Å². The maximum Gasteiger partial charge on any atom is 0.257 e. The fraction of sp³-hybridized carbons (Fsp3) is 0.286. The fourth-order valence-corrected chi connectivity index (χ4v) is 1.57. The molecule has 0 saturated carbocycles. The molecule has 20 heavy (non-hydrogen) atoms. The lowest BCUT2D eigenvalue weighted by molar-refractivity contribution is 0.262. The van der Waals surface area contributed by atoms with Gasteiger partial charge in [0.1, 0.15) is 12.4 Å². The highest BCUT2D eigenvalue weighted by Crippen LogP contribution is 2.25. The normalized spacial score (nSPS) is 10.2. The van der Waals surface area contributed by atoms with Gasteiger partial charge in [-0.25, -0.2) is 4.98 Å². The third kappa shape index (κ3) is 3.36. The van der Waals surface area contributed by atoms with Crippen molar-refractivity contribution < 1.29 is 19.3 Å². The second-order valence-corrected chi connectivity index (χ2v) is 3.99. The summed E-state index contributed by atoms with van der Waals surface area (Å²) >= 11 is 0. The lowest BCUT2D eigenvalue weighted by Gasteiger charge is -2.10. The molecule has 2 aromatic heterocycles. The molecule has 0 saturated heterocycles. The molecule has 0 aliphatic heterocycles. The molecule has 0 aliphatic rings. The second-order valence-electron chi connectivity index (χ2n) is 3.99. The van der Waals surface area contributed by atoms with E-state index in [0.717, 1.165) is 5.69 Å². The average Bonchev–Trinajstić information content (AvgIpc) is 2.53. The summed E-state index contributed by atoms with van der Waals surface area (Å²) in [7, 11) is 3.11. The zero-order chi connectivity index (χ0) is 14.4. The number of pyridine rings is 2. The topological polar surface area (TPSA) is 73.7 Å². The maximum atomic E-state index is 9.05. The maximum absolute atomic E-state index is 9.05. The van der Waals surface area contributed by atoms with Gasteiger partial charge in [0.25, 0.3) is 5.88 Å². The van der Waals surface area contributed by atoms with Crippen LogP contribution in [0.2, 0.25) is 0 Å². The van der Waals surface area contributed by atoms with Crippen LogP contribution in [0.4, 0.5) is 0 Å². The molecule has 0 spiro atoms. The molecular weight excluding hydrogens is 260 g/mol. The molecule has 0 aromatic carbocycles. The number of aliphatic hydroxyl groups excluding tert-OH is 1. The van der Waals surface area contributed by atoms with Crippen molar-refractivity contribution in [1.82, 2.24) is 9.97 Å². The quantitative estimate of drug-likeness (QED) is 0.863. The van der Waals surface area contributed by atoms with Crippen molar-refractivity contribution in [3.63, 3.8) is 0 Å². The molecule has 2 rings (SSSR count). The Morgan fingerprint density at radius 2 is 1.95 bits per heavy atom. The van der Waals surface area contributed by atoms with Gasteiger partial charge in [-0.2, -0.15) is 0 Å². The van der Waals surface area contributed by atoms with Gasteiger partial charge in [-0.05, 0) is 23.8 Å². The van der Waals surface area contributed by atoms with E-state index >= 15 is 0 Å². The van der Waals surface area contributed by atoms with E-state index in [1.165, 1.54) is 7.11 Å². The van der Waals surface area contributed by atoms with Crippen LogP contribution in [0.3, 0.4) is 0 Å². The van der Waals surface area contributed by atoms with Crippen LogP contribution in [0.25, 0.3) is 0 Å². The molecule has 0 fully saturated rings. The number of rotatable bonds is 6. The van der Waals surface area contributed by atoms with Crippen LogP contribution in [0.15, 0.2) is 30.6 Å². The molecule has 2 heterocycles. The number of hydrogen-bond donors (Lipinski definition) is 1. The zero-order valence-electron chi connectivity index (χ0n) is 11.4. The molecule has 6 heteroatoms. The van der Waals surface area contributed by atoms with Crippen molar-refractivity contribution in [3.05, 3.63) is 41.9 Å². The first kappa shape index (κ1) is 14.1. The van der Waals surface area contributed by atoms with E-state index in [9.17, 15) is 0 Å². The van der Waals surface area contributed by atoms with Crippen molar-refractivity contribution in [3.8, 4) is 17.4 Å². The van der Waals surface area contributed by atoms with Crippen molar-refractivity contribution in [2.75, 3.05) is 14.2 Å². The molecule has 0 radical (unpaired) electrons. The lowest BCUT2D eigenvalue weighted by atomic mass is 10.3. The Kier molecular flexibility index (Phi) is 4.73. The van der Waals surface area contributed by atoms with Gasteiger partial charge in [-0.1, -0.05) is 0 Å². The number of methoxy groups -OCH3 is 2. The number of aromatic nitrogens is 2. The van der Waals surface area contributed by atoms with E-state index < -0.39 is 0 Å². The molecular formula is C14H16N2O4. The second kappa shape index (κ2) is 6.72. The third-order valence-electron chi connectivity index (χ3n) is 2.67. The summed E-state index contributed by atoms with van der Waals surface area (Å²) in [5.74, 6) is 1.53. The summed E-state index contributed by atoms with van der Waals surface area (Å²) in [4.78, 5) is 8.30. The molecule has 0 aliphatic carbocycles. The minimum absolute atomic E-state index is 0.0936. The van der Waals surface area contributed by atoms with Crippen LogP contribution in [0, 0.1) is 0 Å². The molecule has 6 nitrogen and oxygen atoms in total. The van der Waals surface area contributed by atoms with Crippen molar-refractivity contribution in [2.45, 2.75) is 13.2 Å². The molecule has 1 N–H and O–H groups in total. The van der Waals surface area contributed by atoms with Crippen LogP contribution < -0.4 is 14.2 Å². The Morgan fingerprint density at radius 3 is 2.55 bits per heavy atom. The van der Waals surface area contributed by atoms with Crippen LogP contribution in [-0.4, -0.2) is 29.3 Å². The lowest BCUT2D eigenvalue weighted by Crippen LogP contribution is -2.02. The van der Waals surface area contributed by atoms with Gasteiger partial charge in [0.2, 0.25) is 0 Å². The Bertz CT molecular complexity index is 558. The third-order valence-corrected chi connectivity index (χ3v) is 2.67. The van der Waals surface area contributed by atoms with Gasteiger partial charge in [0.05, 0.1) is 32.7 Å². The highest BCUT2D eigenvalue weighted by molar-refractivity contribution is 5.36. The summed E-state index contributed by atoms with van der Waals surface area (Å²) in [5, 5.41) is 9.05. The van der Waals surface area contributed by atoms with Crippen molar-refractivity contribution >= 4 is 0 Å². The van der Waals surface area contributed by atoms with Gasteiger partial charge in [-0.3, -0.25) is 4.98 Å². The van der Waals surface area contributed by atoms with Crippen LogP contribution >= 0.6 is 0 Å². The van der Waals surface area contributed by atoms with E-state index in [4.69, 9.17) is 19.3 Å². The smallest absolute Gasteiger partial charge is 0.257 e. The van der Waals surface area contributed by atoms with Gasteiger partial charge in [0, 0.05) is 6.20 Å². The first-order valence-corrected chi connectivity index (χ1v) is 6.02. The zero-order valence-corrected chi connectivity index (χ0v) is 11.4. The SMILES string of the molecule is COc1ccc(COc2ncc(CO)cc2OC)nc1. The first-order valence-electron chi connectivity index (χ1n) is 6.02. The van der Waals surface area contributed by atoms with Gasteiger partial charge >= 0.3 is 0 Å². The highest BCUT2D eigenvalue weighted by Gasteiger charge is 2.08. The van der Waals surface area contributed by atoms with E-state index in [1.807, 2.05) is 12.1 Å². The summed E-state index contributed by atoms with van der Waals surface area (Å²) in [5.41, 5.74) is 1.41. The Labute approximate surface area is 117 Å². The molecule has 106 valence electrons. The Morgan fingerprint density at radius 1 is 1.10 bits per heavy atom. The summed E-state index contributed by atoms with van der Waals surface area (Å²) in [6, 6.07) is 5.31. The largest absolute Gasteiger partial charge is 0.495 e. The van der Waals surface area contributed by atoms with E-state index in [1.54, 1.807) is 25.6 Å². The number of ether oxygens (including phenoxy) is 3. The Hall–Kier alpha value is -2.34. The minimum atomic E-state index is -0.0936. The number of nitrogens with zero attached hydrogens (tertiary/aromatic N) is 2. The average molecular weight is 276 g/mol. The minimum Gasteiger partial charge on any atom is -0.495 e. The van der Waals surface area contributed by atoms with E-state index in [0.29, 0.717) is 22.9 Å². The number of hydrogen-bond acceptors (Lipinski definition) is 6. The fourth-order valence-electron chi connectivity index (χ4n) is 1.57. The molecule has 0 unspecified atom stereocenters. The Balaban J connectivity index is 2.05. The van der Waals surface area contributed by atoms with Crippen molar-refractivity contribution in [2.24, 2.45) is 0 Å². The predicted octanol–water partition coefficient (Wildman–Crippen LogP) is 1.57.